The number of halogens is 2. The number of anilines is 1. The van der Waals surface area contributed by atoms with E-state index in [-0.39, 0.29) is 17.5 Å². The maximum atomic E-state index is 14.0. The summed E-state index contributed by atoms with van der Waals surface area (Å²) in [6.45, 7) is 6.45. The molecule has 1 N–H and O–H groups in total. The average Bonchev–Trinajstić information content (AvgIpc) is 2.66. The lowest BCUT2D eigenvalue weighted by Gasteiger charge is -2.37. The van der Waals surface area contributed by atoms with Crippen LogP contribution in [-0.4, -0.2) is 5.54 Å². The van der Waals surface area contributed by atoms with Crippen LogP contribution < -0.4 is 10.1 Å². The molecule has 2 aliphatic heterocycles. The van der Waals surface area contributed by atoms with Crippen LogP contribution in [0.25, 0.3) is 16.7 Å². The van der Waals surface area contributed by atoms with Crippen LogP contribution in [0, 0.1) is 5.82 Å². The van der Waals surface area contributed by atoms with Crippen LogP contribution in [0.4, 0.5) is 10.1 Å². The largest absolute Gasteiger partial charge is 0.480 e. The lowest BCUT2D eigenvalue weighted by Crippen LogP contribution is -2.32. The van der Waals surface area contributed by atoms with Gasteiger partial charge >= 0.3 is 0 Å². The van der Waals surface area contributed by atoms with Gasteiger partial charge in [-0.3, -0.25) is 0 Å². The first-order valence-corrected chi connectivity index (χ1v) is 10.1. The molecule has 3 aromatic carbocycles. The molecule has 5 rings (SSSR count). The Morgan fingerprint density at radius 2 is 1.72 bits per heavy atom. The number of rotatable bonds is 1. The van der Waals surface area contributed by atoms with Gasteiger partial charge in [0.25, 0.3) is 0 Å². The van der Waals surface area contributed by atoms with Gasteiger partial charge in [0.2, 0.25) is 0 Å². The van der Waals surface area contributed by atoms with Crippen LogP contribution in [0.2, 0.25) is 5.02 Å². The van der Waals surface area contributed by atoms with E-state index in [2.05, 4.69) is 44.3 Å². The Morgan fingerprint density at radius 3 is 2.48 bits per heavy atom. The molecule has 3 aromatic rings. The van der Waals surface area contributed by atoms with Crippen LogP contribution in [0.1, 0.15) is 43.6 Å². The molecule has 2 nitrogen and oxygen atoms in total. The fourth-order valence-corrected chi connectivity index (χ4v) is 4.65. The summed E-state index contributed by atoms with van der Waals surface area (Å²) in [5.74, 6) is 0.252. The minimum Gasteiger partial charge on any atom is -0.480 e. The van der Waals surface area contributed by atoms with Gasteiger partial charge in [-0.15, -0.1) is 0 Å². The maximum absolute atomic E-state index is 14.0. The molecule has 0 amide bonds. The number of hydrogen-bond donors (Lipinski definition) is 1. The number of ether oxygens (including phenoxy) is 1. The second-order valence-electron chi connectivity index (χ2n) is 8.31. The molecule has 2 aliphatic rings. The van der Waals surface area contributed by atoms with Crippen molar-refractivity contribution in [2.75, 3.05) is 5.32 Å². The lowest BCUT2D eigenvalue weighted by atomic mass is 9.80. The van der Waals surface area contributed by atoms with Gasteiger partial charge in [0.1, 0.15) is 11.6 Å². The Hall–Kier alpha value is -2.78. The van der Waals surface area contributed by atoms with Gasteiger partial charge in [-0.25, -0.2) is 4.39 Å². The molecule has 0 radical (unpaired) electrons. The van der Waals surface area contributed by atoms with E-state index in [1.807, 2.05) is 24.3 Å². The fraction of sp³-hybridized carbons (Fsp3) is 0.200. The first-order valence-electron chi connectivity index (χ1n) is 9.69. The molecule has 0 aliphatic carbocycles. The summed E-state index contributed by atoms with van der Waals surface area (Å²) in [5, 5.41) is 4.29. The standard InChI is InChI=1S/C25H21ClFNO/c1-14-13-25(2,3)28-20-11-10-19-18-9-8-17(27)12-21(18)29-24(23(19)22(14)20)15-4-6-16(26)7-5-15/h4-13,24,28H,1-3H3/t24-/m1/s1. The summed E-state index contributed by atoms with van der Waals surface area (Å²) >= 11 is 6.11. The zero-order valence-electron chi connectivity index (χ0n) is 16.5. The third kappa shape index (κ3) is 3.01. The zero-order valence-corrected chi connectivity index (χ0v) is 17.3. The number of hydrogen-bond acceptors (Lipinski definition) is 2. The summed E-state index contributed by atoms with van der Waals surface area (Å²) in [6, 6.07) is 16.6. The zero-order chi connectivity index (χ0) is 20.3. The van der Waals surface area contributed by atoms with Crippen molar-refractivity contribution in [1.29, 1.82) is 0 Å². The van der Waals surface area contributed by atoms with E-state index >= 15 is 0 Å². The van der Waals surface area contributed by atoms with Crippen molar-refractivity contribution >= 4 is 22.9 Å². The Bertz CT molecular complexity index is 1160. The fourth-order valence-electron chi connectivity index (χ4n) is 4.53. The Morgan fingerprint density at radius 1 is 1.00 bits per heavy atom. The molecule has 0 bridgehead atoms. The van der Waals surface area contributed by atoms with Crippen molar-refractivity contribution in [3.8, 4) is 16.9 Å². The molecule has 4 heteroatoms. The predicted octanol–water partition coefficient (Wildman–Crippen LogP) is 7.24. The molecule has 0 saturated carbocycles. The molecule has 29 heavy (non-hydrogen) atoms. The van der Waals surface area contributed by atoms with Gasteiger partial charge < -0.3 is 10.1 Å². The van der Waals surface area contributed by atoms with Crippen LogP contribution in [0.5, 0.6) is 5.75 Å². The average molecular weight is 406 g/mol. The Balaban J connectivity index is 1.80. The third-order valence-electron chi connectivity index (χ3n) is 5.59. The summed E-state index contributed by atoms with van der Waals surface area (Å²) in [6.07, 6.45) is 1.90. The molecule has 0 unspecified atom stereocenters. The molecule has 146 valence electrons. The van der Waals surface area contributed by atoms with Gasteiger partial charge in [-0.2, -0.15) is 0 Å². The SMILES string of the molecule is CC1=CC(C)(C)Nc2ccc3c(c21)[C@@H](c1ccc(Cl)cc1)Oc1cc(F)ccc1-3. The van der Waals surface area contributed by atoms with E-state index in [1.165, 1.54) is 17.7 Å². The molecule has 1 atom stereocenters. The summed E-state index contributed by atoms with van der Waals surface area (Å²) in [7, 11) is 0. The number of fused-ring (bicyclic) bond motifs is 5. The van der Waals surface area contributed by atoms with Crippen LogP contribution in [0.3, 0.4) is 0 Å². The van der Waals surface area contributed by atoms with Crippen molar-refractivity contribution in [2.24, 2.45) is 0 Å². The minimum absolute atomic E-state index is 0.127. The summed E-state index contributed by atoms with van der Waals surface area (Å²) in [4.78, 5) is 0. The van der Waals surface area contributed by atoms with Crippen LogP contribution >= 0.6 is 11.6 Å². The lowest BCUT2D eigenvalue weighted by molar-refractivity contribution is 0.242. The molecule has 0 aromatic heterocycles. The molecular weight excluding hydrogens is 385 g/mol. The van der Waals surface area contributed by atoms with Crippen molar-refractivity contribution in [2.45, 2.75) is 32.4 Å². The van der Waals surface area contributed by atoms with Gasteiger partial charge in [0.05, 0.1) is 5.54 Å². The minimum atomic E-state index is -0.349. The summed E-state index contributed by atoms with van der Waals surface area (Å²) < 4.78 is 20.4. The number of allylic oxidation sites excluding steroid dienone is 1. The van der Waals surface area contributed by atoms with E-state index in [0.29, 0.717) is 10.8 Å². The molecule has 0 spiro atoms. The predicted molar refractivity (Wildman–Crippen MR) is 117 cm³/mol. The quantitative estimate of drug-likeness (QED) is 0.460. The normalized spacial score (nSPS) is 18.5. The highest BCUT2D eigenvalue weighted by Gasteiger charge is 2.34. The number of nitrogens with one attached hydrogen (secondary N) is 1. The van der Waals surface area contributed by atoms with Gasteiger partial charge in [-0.05, 0) is 67.8 Å². The number of benzene rings is 3. The van der Waals surface area contributed by atoms with Crippen molar-refractivity contribution in [3.63, 3.8) is 0 Å². The van der Waals surface area contributed by atoms with E-state index in [1.54, 1.807) is 6.07 Å². The molecule has 0 fully saturated rings. The van der Waals surface area contributed by atoms with Crippen molar-refractivity contribution < 1.29 is 9.13 Å². The van der Waals surface area contributed by atoms with Gasteiger partial charge in [0.15, 0.2) is 6.10 Å². The monoisotopic (exact) mass is 405 g/mol. The third-order valence-corrected chi connectivity index (χ3v) is 5.84. The second-order valence-corrected chi connectivity index (χ2v) is 8.75. The highest BCUT2D eigenvalue weighted by molar-refractivity contribution is 6.30. The van der Waals surface area contributed by atoms with Gasteiger partial charge in [-0.1, -0.05) is 35.9 Å². The van der Waals surface area contributed by atoms with Crippen molar-refractivity contribution in [3.05, 3.63) is 88.2 Å². The Kier molecular flexibility index (Phi) is 4.01. The first-order chi connectivity index (χ1) is 13.8. The second kappa shape index (κ2) is 6.36. The first kappa shape index (κ1) is 18.3. The molecular formula is C25H21ClFNO. The maximum Gasteiger partial charge on any atom is 0.150 e. The highest BCUT2D eigenvalue weighted by Crippen LogP contribution is 2.50. The Labute approximate surface area is 175 Å². The van der Waals surface area contributed by atoms with Crippen molar-refractivity contribution in [1.82, 2.24) is 0 Å². The smallest absolute Gasteiger partial charge is 0.150 e. The van der Waals surface area contributed by atoms with E-state index < -0.39 is 0 Å². The van der Waals surface area contributed by atoms with Gasteiger partial charge in [0, 0.05) is 33.5 Å². The van der Waals surface area contributed by atoms with E-state index in [0.717, 1.165) is 33.5 Å². The topological polar surface area (TPSA) is 21.3 Å². The molecule has 2 heterocycles. The van der Waals surface area contributed by atoms with Crippen LogP contribution in [0.15, 0.2) is 60.7 Å². The molecule has 0 saturated heterocycles. The van der Waals surface area contributed by atoms with E-state index in [4.69, 9.17) is 16.3 Å². The van der Waals surface area contributed by atoms with Crippen LogP contribution in [-0.2, 0) is 0 Å². The highest BCUT2D eigenvalue weighted by atomic mass is 35.5. The van der Waals surface area contributed by atoms with E-state index in [9.17, 15) is 4.39 Å². The summed E-state index contributed by atoms with van der Waals surface area (Å²) in [5.41, 5.74) is 7.37.